The second-order valence-corrected chi connectivity index (χ2v) is 7.80. The normalized spacial score (nSPS) is 13.8. The van der Waals surface area contributed by atoms with Crippen molar-refractivity contribution in [1.82, 2.24) is 4.90 Å². The first-order valence-electron chi connectivity index (χ1n) is 11.0. The number of allylic oxidation sites excluding steroid dienone is 1. The molecule has 1 atom stereocenters. The van der Waals surface area contributed by atoms with Crippen LogP contribution in [0, 0.1) is 11.8 Å². The molecule has 2 aromatic carbocycles. The van der Waals surface area contributed by atoms with E-state index in [2.05, 4.69) is 6.58 Å². The van der Waals surface area contributed by atoms with Crippen LogP contribution in [0.25, 0.3) is 0 Å². The molecular formula is C26H27NO7. The van der Waals surface area contributed by atoms with E-state index in [1.54, 1.807) is 24.3 Å². The Bertz CT molecular complexity index is 951. The van der Waals surface area contributed by atoms with Crippen LogP contribution in [0.5, 0.6) is 0 Å². The summed E-state index contributed by atoms with van der Waals surface area (Å²) in [6.45, 7) is 3.83. The molecule has 0 aromatic heterocycles. The predicted molar refractivity (Wildman–Crippen MR) is 122 cm³/mol. The molecule has 3 rings (SSSR count). The van der Waals surface area contributed by atoms with Crippen molar-refractivity contribution in [2.24, 2.45) is 11.8 Å². The van der Waals surface area contributed by atoms with Crippen LogP contribution in [-0.4, -0.2) is 42.0 Å². The number of hydrogen-bond acceptors (Lipinski definition) is 7. The summed E-state index contributed by atoms with van der Waals surface area (Å²) in [5.41, 5.74) is 1.51. The lowest BCUT2D eigenvalue weighted by molar-refractivity contribution is -0.164. The standard InChI is InChI=1S/C26H27NO7/c1-2-9-21(23(28)27-14-15-32-26(27)31)16-22(24(29)33-17-19-10-5-3-6-11-19)25(30)34-18-20-12-7-4-8-13-20/h2-8,10-13,21-22H,1,9,14-18H2/t21-/m1/s1. The first-order valence-corrected chi connectivity index (χ1v) is 11.0. The molecule has 0 aliphatic carbocycles. The molecule has 34 heavy (non-hydrogen) atoms. The number of cyclic esters (lactones) is 1. The molecule has 1 heterocycles. The lowest BCUT2D eigenvalue weighted by Gasteiger charge is -2.23. The maximum atomic E-state index is 13.0. The van der Waals surface area contributed by atoms with Crippen molar-refractivity contribution in [3.8, 4) is 0 Å². The van der Waals surface area contributed by atoms with E-state index in [0.717, 1.165) is 16.0 Å². The smallest absolute Gasteiger partial charge is 0.416 e. The van der Waals surface area contributed by atoms with Gasteiger partial charge in [0.1, 0.15) is 19.8 Å². The van der Waals surface area contributed by atoms with E-state index >= 15 is 0 Å². The van der Waals surface area contributed by atoms with Crippen molar-refractivity contribution >= 4 is 23.9 Å². The zero-order valence-electron chi connectivity index (χ0n) is 18.8. The topological polar surface area (TPSA) is 99.2 Å². The van der Waals surface area contributed by atoms with Crippen LogP contribution < -0.4 is 0 Å². The maximum absolute atomic E-state index is 13.0. The van der Waals surface area contributed by atoms with E-state index < -0.39 is 35.8 Å². The number of amides is 2. The van der Waals surface area contributed by atoms with Crippen LogP contribution in [0.15, 0.2) is 73.3 Å². The maximum Gasteiger partial charge on any atom is 0.416 e. The molecule has 1 aliphatic rings. The Kier molecular flexibility index (Phi) is 8.96. The first-order chi connectivity index (χ1) is 16.5. The number of imide groups is 1. The van der Waals surface area contributed by atoms with E-state index in [1.807, 2.05) is 36.4 Å². The van der Waals surface area contributed by atoms with Gasteiger partial charge in [0, 0.05) is 5.92 Å². The van der Waals surface area contributed by atoms with E-state index in [9.17, 15) is 19.2 Å². The Morgan fingerprint density at radius 2 is 1.47 bits per heavy atom. The zero-order valence-corrected chi connectivity index (χ0v) is 18.8. The van der Waals surface area contributed by atoms with E-state index in [4.69, 9.17) is 14.2 Å². The molecule has 2 aromatic rings. The van der Waals surface area contributed by atoms with Crippen molar-refractivity contribution in [1.29, 1.82) is 0 Å². The van der Waals surface area contributed by atoms with E-state index in [-0.39, 0.29) is 39.2 Å². The quantitative estimate of drug-likeness (QED) is 0.216. The van der Waals surface area contributed by atoms with Crippen molar-refractivity contribution in [3.05, 3.63) is 84.4 Å². The molecule has 8 heteroatoms. The third kappa shape index (κ3) is 6.78. The van der Waals surface area contributed by atoms with Gasteiger partial charge < -0.3 is 14.2 Å². The number of esters is 2. The third-order valence-electron chi connectivity index (χ3n) is 5.36. The van der Waals surface area contributed by atoms with Crippen LogP contribution in [0.3, 0.4) is 0 Å². The Morgan fingerprint density at radius 3 is 1.91 bits per heavy atom. The average Bonchev–Trinajstić information content (AvgIpc) is 3.30. The summed E-state index contributed by atoms with van der Waals surface area (Å²) in [5, 5.41) is 0. The van der Waals surface area contributed by atoms with Crippen LogP contribution in [-0.2, 0) is 41.8 Å². The molecule has 0 saturated carbocycles. The second kappa shape index (κ2) is 12.3. The molecule has 0 spiro atoms. The van der Waals surface area contributed by atoms with Gasteiger partial charge in [-0.25, -0.2) is 9.69 Å². The average molecular weight is 466 g/mol. The lowest BCUT2D eigenvalue weighted by atomic mass is 9.90. The molecule has 178 valence electrons. The van der Waals surface area contributed by atoms with Gasteiger partial charge in [-0.1, -0.05) is 66.7 Å². The Morgan fingerprint density at radius 1 is 0.941 bits per heavy atom. The van der Waals surface area contributed by atoms with Gasteiger partial charge in [-0.05, 0) is 24.0 Å². The highest BCUT2D eigenvalue weighted by atomic mass is 16.6. The number of hydrogen-bond donors (Lipinski definition) is 0. The Hall–Kier alpha value is -3.94. The highest BCUT2D eigenvalue weighted by molar-refractivity contribution is 5.97. The van der Waals surface area contributed by atoms with Gasteiger partial charge in [0.05, 0.1) is 6.54 Å². The minimum atomic E-state index is -1.35. The number of ether oxygens (including phenoxy) is 3. The van der Waals surface area contributed by atoms with Gasteiger partial charge in [-0.15, -0.1) is 6.58 Å². The van der Waals surface area contributed by atoms with E-state index in [1.165, 1.54) is 6.08 Å². The zero-order chi connectivity index (χ0) is 24.3. The molecule has 1 saturated heterocycles. The minimum Gasteiger partial charge on any atom is -0.460 e. The summed E-state index contributed by atoms with van der Waals surface area (Å²) >= 11 is 0. The molecule has 8 nitrogen and oxygen atoms in total. The van der Waals surface area contributed by atoms with Crippen molar-refractivity contribution < 1.29 is 33.4 Å². The Labute approximate surface area is 198 Å². The number of nitrogens with zero attached hydrogens (tertiary/aromatic N) is 1. The summed E-state index contributed by atoms with van der Waals surface area (Å²) in [4.78, 5) is 51.7. The molecule has 0 radical (unpaired) electrons. The van der Waals surface area contributed by atoms with Crippen LogP contribution in [0.4, 0.5) is 4.79 Å². The van der Waals surface area contributed by atoms with Crippen molar-refractivity contribution in [3.63, 3.8) is 0 Å². The molecule has 0 bridgehead atoms. The van der Waals surface area contributed by atoms with Crippen LogP contribution in [0.2, 0.25) is 0 Å². The predicted octanol–water partition coefficient (Wildman–Crippen LogP) is 3.65. The summed E-state index contributed by atoms with van der Waals surface area (Å²) < 4.78 is 15.6. The molecule has 2 amide bonds. The van der Waals surface area contributed by atoms with Crippen molar-refractivity contribution in [2.45, 2.75) is 26.1 Å². The van der Waals surface area contributed by atoms with Gasteiger partial charge in [-0.3, -0.25) is 14.4 Å². The summed E-state index contributed by atoms with van der Waals surface area (Å²) in [6.07, 6.45) is 0.743. The van der Waals surface area contributed by atoms with Crippen LogP contribution >= 0.6 is 0 Å². The third-order valence-corrected chi connectivity index (χ3v) is 5.36. The van der Waals surface area contributed by atoms with Crippen molar-refractivity contribution in [2.75, 3.05) is 13.2 Å². The van der Waals surface area contributed by atoms with Gasteiger partial charge in [-0.2, -0.15) is 0 Å². The van der Waals surface area contributed by atoms with Gasteiger partial charge in [0.2, 0.25) is 5.91 Å². The summed E-state index contributed by atoms with van der Waals surface area (Å²) in [7, 11) is 0. The Balaban J connectivity index is 1.74. The molecule has 1 fully saturated rings. The van der Waals surface area contributed by atoms with Gasteiger partial charge in [0.15, 0.2) is 5.92 Å². The second-order valence-electron chi connectivity index (χ2n) is 7.80. The first kappa shape index (κ1) is 24.7. The molecule has 0 N–H and O–H groups in total. The summed E-state index contributed by atoms with van der Waals surface area (Å²) in [6, 6.07) is 18.1. The fourth-order valence-electron chi connectivity index (χ4n) is 3.54. The van der Waals surface area contributed by atoms with E-state index in [0.29, 0.717) is 0 Å². The van der Waals surface area contributed by atoms with Gasteiger partial charge >= 0.3 is 18.0 Å². The molecule has 1 aliphatic heterocycles. The van der Waals surface area contributed by atoms with Gasteiger partial charge in [0.25, 0.3) is 0 Å². The minimum absolute atomic E-state index is 0.0271. The highest BCUT2D eigenvalue weighted by Gasteiger charge is 2.39. The molecular weight excluding hydrogens is 438 g/mol. The lowest BCUT2D eigenvalue weighted by Crippen LogP contribution is -2.39. The summed E-state index contributed by atoms with van der Waals surface area (Å²) in [5.74, 6) is -4.32. The fraction of sp³-hybridized carbons (Fsp3) is 0.308. The number of carbonyl (C=O) groups excluding carboxylic acids is 4. The van der Waals surface area contributed by atoms with Crippen LogP contribution in [0.1, 0.15) is 24.0 Å². The highest BCUT2D eigenvalue weighted by Crippen LogP contribution is 2.24. The number of rotatable bonds is 11. The monoisotopic (exact) mass is 465 g/mol. The fourth-order valence-corrected chi connectivity index (χ4v) is 3.54. The number of benzene rings is 2. The molecule has 0 unspecified atom stereocenters. The number of carbonyl (C=O) groups is 4. The SMILES string of the molecule is C=CC[C@H](CC(C(=O)OCc1ccccc1)C(=O)OCc1ccccc1)C(=O)N1CCOC1=O. The largest absolute Gasteiger partial charge is 0.460 e.